The number of aromatic nitrogens is 2. The molecule has 0 radical (unpaired) electrons. The molecule has 1 atom stereocenters. The van der Waals surface area contributed by atoms with Gasteiger partial charge in [0.2, 0.25) is 0 Å². The van der Waals surface area contributed by atoms with Crippen molar-refractivity contribution >= 4 is 5.82 Å². The van der Waals surface area contributed by atoms with Gasteiger partial charge in [-0.3, -0.25) is 0 Å². The van der Waals surface area contributed by atoms with E-state index >= 15 is 0 Å². The van der Waals surface area contributed by atoms with E-state index < -0.39 is 0 Å². The van der Waals surface area contributed by atoms with E-state index in [9.17, 15) is 0 Å². The third-order valence-electron chi connectivity index (χ3n) is 3.92. The molecule has 1 unspecified atom stereocenters. The quantitative estimate of drug-likeness (QED) is 0.927. The summed E-state index contributed by atoms with van der Waals surface area (Å²) < 4.78 is 0. The van der Waals surface area contributed by atoms with E-state index in [-0.39, 0.29) is 0 Å². The highest BCUT2D eigenvalue weighted by Crippen LogP contribution is 2.21. The fourth-order valence-electron chi connectivity index (χ4n) is 2.58. The zero-order chi connectivity index (χ0) is 13.9. The van der Waals surface area contributed by atoms with E-state index in [2.05, 4.69) is 63.7 Å². The Morgan fingerprint density at radius 3 is 2.50 bits per heavy atom. The van der Waals surface area contributed by atoms with Gasteiger partial charge in [0.25, 0.3) is 0 Å². The lowest BCUT2D eigenvalue weighted by molar-refractivity contribution is 0.616. The average Bonchev–Trinajstić information content (AvgIpc) is 2.97. The maximum atomic E-state index is 4.38. The minimum absolute atomic E-state index is 0.563. The molecule has 104 valence electrons. The number of anilines is 1. The molecule has 1 aliphatic rings. The first-order chi connectivity index (χ1) is 9.76. The minimum atomic E-state index is 0.563. The Labute approximate surface area is 119 Å². The number of rotatable bonds is 3. The third-order valence-corrected chi connectivity index (χ3v) is 3.92. The van der Waals surface area contributed by atoms with Crippen molar-refractivity contribution in [1.29, 1.82) is 0 Å². The van der Waals surface area contributed by atoms with Gasteiger partial charge in [0.05, 0.1) is 5.69 Å². The molecule has 1 aromatic carbocycles. The third kappa shape index (κ3) is 2.65. The van der Waals surface area contributed by atoms with Crippen LogP contribution in [0.4, 0.5) is 5.82 Å². The average molecular weight is 268 g/mol. The van der Waals surface area contributed by atoms with Gasteiger partial charge in [-0.1, -0.05) is 29.8 Å². The molecule has 1 N–H and O–H groups in total. The summed E-state index contributed by atoms with van der Waals surface area (Å²) in [7, 11) is 2.01. The summed E-state index contributed by atoms with van der Waals surface area (Å²) in [5.41, 5.74) is 3.30. The van der Waals surface area contributed by atoms with Crippen LogP contribution in [-0.2, 0) is 0 Å². The Hall–Kier alpha value is -1.94. The highest BCUT2D eigenvalue weighted by Gasteiger charge is 2.22. The number of aryl methyl sites for hydroxylation is 1. The molecule has 1 fully saturated rings. The Balaban J connectivity index is 1.76. The second-order valence-corrected chi connectivity index (χ2v) is 5.36. The first kappa shape index (κ1) is 13.1. The van der Waals surface area contributed by atoms with Crippen molar-refractivity contribution in [2.24, 2.45) is 0 Å². The summed E-state index contributed by atoms with van der Waals surface area (Å²) in [5.74, 6) is 0.971. The van der Waals surface area contributed by atoms with Gasteiger partial charge in [-0.25, -0.2) is 0 Å². The second kappa shape index (κ2) is 5.59. The van der Waals surface area contributed by atoms with Crippen LogP contribution in [0.15, 0.2) is 36.4 Å². The number of nitrogens with one attached hydrogen (secondary N) is 1. The molecule has 1 saturated heterocycles. The zero-order valence-corrected chi connectivity index (χ0v) is 12.0. The molecule has 3 rings (SSSR count). The van der Waals surface area contributed by atoms with Crippen molar-refractivity contribution in [2.45, 2.75) is 19.4 Å². The number of nitrogens with zero attached hydrogens (tertiary/aromatic N) is 3. The molecule has 4 heteroatoms. The molecule has 0 spiro atoms. The predicted molar refractivity (Wildman–Crippen MR) is 81.9 cm³/mol. The molecule has 1 aromatic heterocycles. The maximum Gasteiger partial charge on any atom is 0.151 e. The van der Waals surface area contributed by atoms with Gasteiger partial charge >= 0.3 is 0 Å². The number of hydrogen-bond donors (Lipinski definition) is 1. The number of likely N-dealkylation sites (N-methyl/N-ethyl adjacent to an activating group) is 1. The van der Waals surface area contributed by atoms with Gasteiger partial charge in [0.1, 0.15) is 0 Å². The van der Waals surface area contributed by atoms with Crippen molar-refractivity contribution in [3.63, 3.8) is 0 Å². The Morgan fingerprint density at radius 2 is 1.90 bits per heavy atom. The fraction of sp³-hybridized carbons (Fsp3) is 0.375. The van der Waals surface area contributed by atoms with E-state index in [1.54, 1.807) is 0 Å². The highest BCUT2D eigenvalue weighted by molar-refractivity contribution is 5.60. The molecular weight excluding hydrogens is 248 g/mol. The smallest absolute Gasteiger partial charge is 0.151 e. The molecule has 2 aromatic rings. The van der Waals surface area contributed by atoms with Crippen molar-refractivity contribution in [2.75, 3.05) is 25.0 Å². The lowest BCUT2D eigenvalue weighted by atomic mass is 10.1. The summed E-state index contributed by atoms with van der Waals surface area (Å²) >= 11 is 0. The van der Waals surface area contributed by atoms with Gasteiger partial charge in [0, 0.05) is 24.7 Å². The summed E-state index contributed by atoms with van der Waals surface area (Å²) in [6.45, 7) is 4.14. The van der Waals surface area contributed by atoms with Crippen molar-refractivity contribution in [3.8, 4) is 11.3 Å². The second-order valence-electron chi connectivity index (χ2n) is 5.36. The molecule has 0 bridgehead atoms. The van der Waals surface area contributed by atoms with Crippen LogP contribution in [-0.4, -0.2) is 36.4 Å². The van der Waals surface area contributed by atoms with Crippen LogP contribution in [0.2, 0.25) is 0 Å². The van der Waals surface area contributed by atoms with Crippen LogP contribution in [0, 0.1) is 6.92 Å². The van der Waals surface area contributed by atoms with Crippen LogP contribution in [0.1, 0.15) is 12.0 Å². The van der Waals surface area contributed by atoms with Gasteiger partial charge in [-0.05, 0) is 32.5 Å². The van der Waals surface area contributed by atoms with E-state index in [1.165, 1.54) is 5.56 Å². The van der Waals surface area contributed by atoms with E-state index in [0.717, 1.165) is 36.6 Å². The Kier molecular flexibility index (Phi) is 3.65. The molecule has 1 aliphatic heterocycles. The fourth-order valence-corrected chi connectivity index (χ4v) is 2.58. The lowest BCUT2D eigenvalue weighted by Gasteiger charge is -2.16. The highest BCUT2D eigenvalue weighted by atomic mass is 15.3. The van der Waals surface area contributed by atoms with E-state index in [4.69, 9.17) is 0 Å². The van der Waals surface area contributed by atoms with Crippen molar-refractivity contribution < 1.29 is 0 Å². The number of hydrogen-bond acceptors (Lipinski definition) is 4. The monoisotopic (exact) mass is 268 g/mol. The van der Waals surface area contributed by atoms with Gasteiger partial charge in [-0.15, -0.1) is 10.2 Å². The van der Waals surface area contributed by atoms with Crippen LogP contribution in [0.3, 0.4) is 0 Å². The van der Waals surface area contributed by atoms with Crippen LogP contribution < -0.4 is 10.2 Å². The van der Waals surface area contributed by atoms with E-state index in [1.807, 2.05) is 7.05 Å². The van der Waals surface area contributed by atoms with Gasteiger partial charge < -0.3 is 10.2 Å². The molecule has 0 saturated carbocycles. The van der Waals surface area contributed by atoms with Gasteiger partial charge in [0.15, 0.2) is 5.82 Å². The molecule has 20 heavy (non-hydrogen) atoms. The summed E-state index contributed by atoms with van der Waals surface area (Å²) in [6.07, 6.45) is 1.16. The predicted octanol–water partition coefficient (Wildman–Crippen LogP) is 2.25. The standard InChI is InChI=1S/C16H20N4/c1-12-3-5-13(6-4-12)15-7-8-16(19-18-15)20-10-9-14(11-20)17-2/h3-8,14,17H,9-11H2,1-2H3. The van der Waals surface area contributed by atoms with E-state index in [0.29, 0.717) is 6.04 Å². The van der Waals surface area contributed by atoms with Crippen LogP contribution >= 0.6 is 0 Å². The topological polar surface area (TPSA) is 41.0 Å². The first-order valence-corrected chi connectivity index (χ1v) is 7.09. The van der Waals surface area contributed by atoms with Crippen molar-refractivity contribution in [1.82, 2.24) is 15.5 Å². The van der Waals surface area contributed by atoms with Gasteiger partial charge in [-0.2, -0.15) is 0 Å². The Morgan fingerprint density at radius 1 is 1.10 bits per heavy atom. The summed E-state index contributed by atoms with van der Waals surface area (Å²) in [4.78, 5) is 2.28. The first-order valence-electron chi connectivity index (χ1n) is 7.09. The Bertz CT molecular complexity index is 562. The molecule has 2 heterocycles. The SMILES string of the molecule is CNC1CCN(c2ccc(-c3ccc(C)cc3)nn2)C1. The number of benzene rings is 1. The molecular formula is C16H20N4. The summed E-state index contributed by atoms with van der Waals surface area (Å²) in [5, 5.41) is 12.1. The normalized spacial score (nSPS) is 18.5. The molecule has 0 aliphatic carbocycles. The maximum absolute atomic E-state index is 4.38. The van der Waals surface area contributed by atoms with Crippen molar-refractivity contribution in [3.05, 3.63) is 42.0 Å². The minimum Gasteiger partial charge on any atom is -0.354 e. The molecule has 0 amide bonds. The largest absolute Gasteiger partial charge is 0.354 e. The lowest BCUT2D eigenvalue weighted by Crippen LogP contribution is -2.29. The van der Waals surface area contributed by atoms with Crippen LogP contribution in [0.5, 0.6) is 0 Å². The van der Waals surface area contributed by atoms with Crippen LogP contribution in [0.25, 0.3) is 11.3 Å². The zero-order valence-electron chi connectivity index (χ0n) is 12.0. The summed E-state index contributed by atoms with van der Waals surface area (Å²) in [6, 6.07) is 13.1. The molecule has 4 nitrogen and oxygen atoms in total.